The summed E-state index contributed by atoms with van der Waals surface area (Å²) in [4.78, 5) is 39.6. The lowest BCUT2D eigenvalue weighted by molar-refractivity contribution is -0.144. The molecule has 0 aromatic rings. The number of thiol groups is 1. The number of carbonyl (C=O) groups is 3. The minimum Gasteiger partial charge on any atom is -0.480 e. The standard InChI is InChI=1S/C24H47N3O6S/c1-4-7-10-13-24(18-34,27(14-11-8-5-2)15-12-9-6-3)23(33)26-19(16-28)21(30)25-20(17-29)22(31)32/h19-20,28-29,34H,4-18H2,1-3H3,(H,25,30)(H,26,33)(H,31,32). The van der Waals surface area contributed by atoms with Gasteiger partial charge in [-0.3, -0.25) is 14.5 Å². The predicted octanol–water partition coefficient (Wildman–Crippen LogP) is 1.96. The molecular weight excluding hydrogens is 458 g/mol. The summed E-state index contributed by atoms with van der Waals surface area (Å²) < 4.78 is 0. The SMILES string of the molecule is CCCCCN(CCCCC)C(CS)(CCCCC)C(=O)NC(CO)C(=O)NC(CO)C(=O)O. The molecule has 0 saturated heterocycles. The Kier molecular flexibility index (Phi) is 18.1. The number of amides is 2. The smallest absolute Gasteiger partial charge is 0.328 e. The van der Waals surface area contributed by atoms with Crippen LogP contribution in [0.4, 0.5) is 0 Å². The minimum atomic E-state index is -1.52. The third kappa shape index (κ3) is 10.9. The van der Waals surface area contributed by atoms with E-state index in [1.54, 1.807) is 0 Å². The summed E-state index contributed by atoms with van der Waals surface area (Å²) in [7, 11) is 0. The van der Waals surface area contributed by atoms with Crippen LogP contribution in [-0.2, 0) is 14.4 Å². The number of rotatable bonds is 21. The number of aliphatic carboxylic acids is 1. The van der Waals surface area contributed by atoms with E-state index in [2.05, 4.69) is 48.9 Å². The molecule has 5 N–H and O–H groups in total. The first-order valence-corrected chi connectivity index (χ1v) is 13.3. The molecule has 0 rings (SSSR count). The first-order chi connectivity index (χ1) is 16.3. The second-order valence-electron chi connectivity index (χ2n) is 8.84. The lowest BCUT2D eigenvalue weighted by atomic mass is 9.89. The van der Waals surface area contributed by atoms with Gasteiger partial charge in [0.2, 0.25) is 11.8 Å². The largest absolute Gasteiger partial charge is 0.480 e. The summed E-state index contributed by atoms with van der Waals surface area (Å²) in [6, 6.07) is -2.85. The Balaban J connectivity index is 5.85. The number of nitrogens with zero attached hydrogens (tertiary/aromatic N) is 1. The van der Waals surface area contributed by atoms with Crippen molar-refractivity contribution in [3.63, 3.8) is 0 Å². The fraction of sp³-hybridized carbons (Fsp3) is 0.875. The zero-order valence-electron chi connectivity index (χ0n) is 21.2. The Morgan fingerprint density at radius 2 is 1.32 bits per heavy atom. The van der Waals surface area contributed by atoms with Crippen LogP contribution in [0.5, 0.6) is 0 Å². The molecule has 0 saturated carbocycles. The molecule has 0 fully saturated rings. The second kappa shape index (κ2) is 18.9. The van der Waals surface area contributed by atoms with Crippen molar-refractivity contribution in [2.45, 2.75) is 103 Å². The first-order valence-electron chi connectivity index (χ1n) is 12.7. The fourth-order valence-corrected chi connectivity index (χ4v) is 4.42. The topological polar surface area (TPSA) is 139 Å². The predicted molar refractivity (Wildman–Crippen MR) is 137 cm³/mol. The molecule has 9 nitrogen and oxygen atoms in total. The number of carbonyl (C=O) groups excluding carboxylic acids is 2. The Morgan fingerprint density at radius 1 is 0.824 bits per heavy atom. The van der Waals surface area contributed by atoms with Gasteiger partial charge in [-0.15, -0.1) is 0 Å². The molecule has 200 valence electrons. The van der Waals surface area contributed by atoms with Crippen molar-refractivity contribution in [3.8, 4) is 0 Å². The van der Waals surface area contributed by atoms with Crippen LogP contribution in [0.1, 0.15) is 85.0 Å². The highest BCUT2D eigenvalue weighted by molar-refractivity contribution is 7.80. The third-order valence-electron chi connectivity index (χ3n) is 6.15. The number of carboxylic acid groups (broad SMARTS) is 1. The van der Waals surface area contributed by atoms with E-state index >= 15 is 0 Å². The molecule has 2 amide bonds. The van der Waals surface area contributed by atoms with Gasteiger partial charge in [0, 0.05) is 5.75 Å². The molecule has 3 unspecified atom stereocenters. The van der Waals surface area contributed by atoms with Gasteiger partial charge < -0.3 is 26.0 Å². The summed E-state index contributed by atoms with van der Waals surface area (Å²) in [6.07, 6.45) is 9.44. The van der Waals surface area contributed by atoms with Crippen molar-refractivity contribution in [2.24, 2.45) is 0 Å². The van der Waals surface area contributed by atoms with Gasteiger partial charge in [-0.2, -0.15) is 12.6 Å². The van der Waals surface area contributed by atoms with E-state index < -0.39 is 48.6 Å². The highest BCUT2D eigenvalue weighted by Gasteiger charge is 2.43. The maximum absolute atomic E-state index is 13.7. The van der Waals surface area contributed by atoms with Crippen LogP contribution in [0.2, 0.25) is 0 Å². The van der Waals surface area contributed by atoms with E-state index in [1.807, 2.05) is 0 Å². The van der Waals surface area contributed by atoms with Crippen molar-refractivity contribution >= 4 is 30.4 Å². The Labute approximate surface area is 210 Å². The van der Waals surface area contributed by atoms with E-state index in [-0.39, 0.29) is 5.75 Å². The highest BCUT2D eigenvalue weighted by atomic mass is 32.1. The number of hydrogen-bond acceptors (Lipinski definition) is 7. The van der Waals surface area contributed by atoms with Crippen LogP contribution in [-0.4, -0.2) is 87.7 Å². The van der Waals surface area contributed by atoms with Gasteiger partial charge in [-0.05, 0) is 32.4 Å². The van der Waals surface area contributed by atoms with Gasteiger partial charge in [0.25, 0.3) is 0 Å². The number of unbranched alkanes of at least 4 members (excludes halogenated alkanes) is 6. The Hall–Kier alpha value is -1.36. The molecule has 10 heteroatoms. The molecule has 3 atom stereocenters. The van der Waals surface area contributed by atoms with Gasteiger partial charge in [-0.1, -0.05) is 65.7 Å². The van der Waals surface area contributed by atoms with Crippen LogP contribution in [0.25, 0.3) is 0 Å². The summed E-state index contributed by atoms with van der Waals surface area (Å²) >= 11 is 4.60. The maximum Gasteiger partial charge on any atom is 0.328 e. The van der Waals surface area contributed by atoms with Crippen molar-refractivity contribution in [1.29, 1.82) is 0 Å². The quantitative estimate of drug-likeness (QED) is 0.104. The van der Waals surface area contributed by atoms with Gasteiger partial charge in [0.15, 0.2) is 0 Å². The van der Waals surface area contributed by atoms with Crippen molar-refractivity contribution < 1.29 is 29.7 Å². The average molecular weight is 506 g/mol. The summed E-state index contributed by atoms with van der Waals surface area (Å²) in [6.45, 7) is 6.32. The number of hydrogen-bond donors (Lipinski definition) is 6. The molecule has 0 radical (unpaired) electrons. The fourth-order valence-electron chi connectivity index (χ4n) is 3.92. The van der Waals surface area contributed by atoms with E-state index in [1.165, 1.54) is 0 Å². The molecule has 0 aliphatic carbocycles. The van der Waals surface area contributed by atoms with E-state index in [0.717, 1.165) is 70.9 Å². The lowest BCUT2D eigenvalue weighted by Gasteiger charge is -2.43. The zero-order valence-corrected chi connectivity index (χ0v) is 22.1. The zero-order chi connectivity index (χ0) is 26.0. The Bertz CT molecular complexity index is 585. The summed E-state index contributed by atoms with van der Waals surface area (Å²) in [5.41, 5.74) is -0.948. The molecule has 0 heterocycles. The van der Waals surface area contributed by atoms with Gasteiger partial charge in [-0.25, -0.2) is 4.79 Å². The third-order valence-corrected chi connectivity index (χ3v) is 6.67. The maximum atomic E-state index is 13.7. The average Bonchev–Trinajstić information content (AvgIpc) is 2.82. The van der Waals surface area contributed by atoms with Crippen LogP contribution in [0.3, 0.4) is 0 Å². The number of carboxylic acids is 1. The van der Waals surface area contributed by atoms with Crippen LogP contribution in [0, 0.1) is 0 Å². The molecule has 0 aliphatic rings. The molecular formula is C24H47N3O6S. The second-order valence-corrected chi connectivity index (χ2v) is 9.15. The van der Waals surface area contributed by atoms with Crippen LogP contribution in [0.15, 0.2) is 0 Å². The minimum absolute atomic E-state index is 0.259. The van der Waals surface area contributed by atoms with E-state index in [4.69, 9.17) is 5.11 Å². The molecule has 0 spiro atoms. The number of aliphatic hydroxyl groups is 2. The normalized spacial score (nSPS) is 14.9. The molecule has 34 heavy (non-hydrogen) atoms. The molecule has 0 bridgehead atoms. The number of aliphatic hydroxyl groups excluding tert-OH is 2. The number of nitrogens with one attached hydrogen (secondary N) is 2. The Morgan fingerprint density at radius 3 is 1.74 bits per heavy atom. The summed E-state index contributed by atoms with van der Waals surface area (Å²) in [5, 5.41) is 32.9. The van der Waals surface area contributed by atoms with Crippen LogP contribution >= 0.6 is 12.6 Å². The first kappa shape index (κ1) is 32.6. The monoisotopic (exact) mass is 505 g/mol. The molecule has 0 aromatic carbocycles. The van der Waals surface area contributed by atoms with Crippen molar-refractivity contribution in [1.82, 2.24) is 15.5 Å². The van der Waals surface area contributed by atoms with Gasteiger partial charge in [0.05, 0.1) is 13.2 Å². The summed E-state index contributed by atoms with van der Waals surface area (Å²) in [5.74, 6) is -2.39. The van der Waals surface area contributed by atoms with E-state index in [0.29, 0.717) is 6.42 Å². The van der Waals surface area contributed by atoms with Gasteiger partial charge in [0.1, 0.15) is 17.6 Å². The lowest BCUT2D eigenvalue weighted by Crippen LogP contribution is -2.64. The van der Waals surface area contributed by atoms with Crippen molar-refractivity contribution in [2.75, 3.05) is 32.1 Å². The van der Waals surface area contributed by atoms with Crippen LogP contribution < -0.4 is 10.6 Å². The highest BCUT2D eigenvalue weighted by Crippen LogP contribution is 2.27. The van der Waals surface area contributed by atoms with E-state index in [9.17, 15) is 24.6 Å². The van der Waals surface area contributed by atoms with Crippen molar-refractivity contribution in [3.05, 3.63) is 0 Å². The molecule has 0 aliphatic heterocycles. The van der Waals surface area contributed by atoms with Gasteiger partial charge >= 0.3 is 5.97 Å². The molecule has 0 aromatic heterocycles.